The monoisotopic (exact) mass is 719 g/mol. The first-order valence-electron chi connectivity index (χ1n) is 15.4. The maximum absolute atomic E-state index is 13.6. The van der Waals surface area contributed by atoms with Gasteiger partial charge in [-0.3, -0.25) is 25.4 Å². The number of ether oxygens (including phenoxy) is 1. The largest absolute Gasteiger partial charge is 0.468 e. The van der Waals surface area contributed by atoms with Gasteiger partial charge in [-0.1, -0.05) is 45.9 Å². The van der Waals surface area contributed by atoms with Crippen LogP contribution < -0.4 is 11.1 Å². The lowest BCUT2D eigenvalue weighted by Crippen LogP contribution is -2.29. The molecule has 0 aliphatic carbocycles. The number of pyridine rings is 1. The minimum atomic E-state index is -5.24. The van der Waals surface area contributed by atoms with E-state index in [4.69, 9.17) is 16.6 Å². The van der Waals surface area contributed by atoms with E-state index < -0.39 is 47.2 Å². The fourth-order valence-electron chi connectivity index (χ4n) is 4.80. The highest BCUT2D eigenvalue weighted by molar-refractivity contribution is 7.17. The number of aromatic nitrogens is 1. The van der Waals surface area contributed by atoms with Crippen molar-refractivity contribution in [3.05, 3.63) is 111 Å². The summed E-state index contributed by atoms with van der Waals surface area (Å²) >= 11 is 0.823. The minimum absolute atomic E-state index is 0.00383. The molecule has 0 radical (unpaired) electrons. The van der Waals surface area contributed by atoms with Gasteiger partial charge in [0, 0.05) is 17.0 Å². The van der Waals surface area contributed by atoms with Crippen LogP contribution in [0.3, 0.4) is 0 Å². The number of benzene rings is 2. The zero-order valence-corrected chi connectivity index (χ0v) is 28.3. The number of nitrogens with zero attached hydrogens (tertiary/aromatic N) is 1. The number of rotatable bonds is 11. The average molecular weight is 720 g/mol. The molecule has 0 unspecified atom stereocenters. The van der Waals surface area contributed by atoms with E-state index in [0.29, 0.717) is 5.56 Å². The second-order valence-corrected chi connectivity index (χ2v) is 12.2. The third kappa shape index (κ3) is 10.00. The molecule has 266 valence electrons. The van der Waals surface area contributed by atoms with Gasteiger partial charge in [-0.15, -0.1) is 11.3 Å². The number of thiophene rings is 1. The van der Waals surface area contributed by atoms with Crippen molar-refractivity contribution in [3.63, 3.8) is 0 Å². The van der Waals surface area contributed by atoms with Gasteiger partial charge in [0.1, 0.15) is 5.82 Å². The van der Waals surface area contributed by atoms with Gasteiger partial charge < -0.3 is 15.8 Å². The summed E-state index contributed by atoms with van der Waals surface area (Å²) in [5, 5.41) is 18.5. The molecule has 0 aliphatic rings. The number of alkyl halides is 3. The molecule has 5 N–H and O–H groups in total. The second kappa shape index (κ2) is 17.1. The number of primary amides is 1. The van der Waals surface area contributed by atoms with Crippen LogP contribution >= 0.6 is 11.3 Å². The Bertz CT molecular complexity index is 1870. The van der Waals surface area contributed by atoms with Crippen molar-refractivity contribution in [2.24, 2.45) is 11.7 Å². The average Bonchev–Trinajstić information content (AvgIpc) is 3.55. The van der Waals surface area contributed by atoms with Crippen molar-refractivity contribution in [2.45, 2.75) is 59.7 Å². The number of aryl methyl sites for hydroxylation is 2. The van der Waals surface area contributed by atoms with E-state index >= 15 is 0 Å². The van der Waals surface area contributed by atoms with E-state index in [1.807, 2.05) is 27.7 Å². The molecule has 0 fully saturated rings. The van der Waals surface area contributed by atoms with Crippen molar-refractivity contribution in [1.82, 2.24) is 10.3 Å². The van der Waals surface area contributed by atoms with E-state index in [1.54, 1.807) is 0 Å². The van der Waals surface area contributed by atoms with Crippen LogP contribution in [0.4, 0.5) is 26.3 Å². The second-order valence-electron chi connectivity index (χ2n) is 11.1. The molecule has 0 saturated carbocycles. The topological polar surface area (TPSA) is 142 Å². The highest BCUT2D eigenvalue weighted by Crippen LogP contribution is 2.38. The number of nitrogens with two attached hydrogens (primary N) is 1. The Labute approximate surface area is 288 Å². The summed E-state index contributed by atoms with van der Waals surface area (Å²) in [5.41, 5.74) is 6.32. The van der Waals surface area contributed by atoms with Gasteiger partial charge in [-0.2, -0.15) is 13.2 Å². The van der Waals surface area contributed by atoms with Gasteiger partial charge in [0.05, 0.1) is 27.4 Å². The maximum Gasteiger partial charge on any atom is 0.468 e. The minimum Gasteiger partial charge on any atom is -0.416 e. The predicted molar refractivity (Wildman–Crippen MR) is 179 cm³/mol. The number of carbonyl (C=O) groups is 2. The van der Waals surface area contributed by atoms with E-state index in [9.17, 15) is 35.9 Å². The number of nitrogens with one attached hydrogen (secondary N) is 3. The Morgan fingerprint density at radius 1 is 0.900 bits per heavy atom. The SMILES string of the molecule is CC.CC(C)Cc1nc(CCc2ccc(F)cc2)c(C(=N)OC(=N)C(F)(F)F)c(-c2ccc(C(=O)NCc3ccc(F)c(F)c3)s2)c1C(N)=O. The van der Waals surface area contributed by atoms with Gasteiger partial charge in [0.15, 0.2) is 11.6 Å². The molecule has 2 heterocycles. The normalized spacial score (nSPS) is 11.1. The summed E-state index contributed by atoms with van der Waals surface area (Å²) in [6.45, 7) is 7.52. The van der Waals surface area contributed by atoms with Crippen molar-refractivity contribution >= 4 is 34.9 Å². The van der Waals surface area contributed by atoms with Gasteiger partial charge in [-0.25, -0.2) is 13.2 Å². The molecule has 0 bridgehead atoms. The van der Waals surface area contributed by atoms with Crippen LogP contribution in [-0.4, -0.2) is 34.8 Å². The van der Waals surface area contributed by atoms with Crippen LogP contribution in [0, 0.1) is 34.2 Å². The molecule has 0 saturated heterocycles. The smallest absolute Gasteiger partial charge is 0.416 e. The van der Waals surface area contributed by atoms with Crippen LogP contribution in [0.25, 0.3) is 10.4 Å². The molecule has 15 heteroatoms. The molecule has 4 rings (SSSR count). The number of amides is 2. The van der Waals surface area contributed by atoms with Crippen molar-refractivity contribution in [2.75, 3.05) is 0 Å². The van der Waals surface area contributed by atoms with Crippen LogP contribution in [0.15, 0.2) is 54.6 Å². The number of hydrogen-bond donors (Lipinski definition) is 4. The molecule has 2 aromatic carbocycles. The summed E-state index contributed by atoms with van der Waals surface area (Å²) in [7, 11) is 0. The molecule has 0 spiro atoms. The van der Waals surface area contributed by atoms with Crippen molar-refractivity contribution in [3.8, 4) is 10.4 Å². The van der Waals surface area contributed by atoms with Crippen molar-refractivity contribution < 1.29 is 40.7 Å². The van der Waals surface area contributed by atoms with E-state index in [-0.39, 0.29) is 75.1 Å². The Morgan fingerprint density at radius 3 is 2.12 bits per heavy atom. The Morgan fingerprint density at radius 2 is 1.54 bits per heavy atom. The first kappa shape index (κ1) is 39.4. The highest BCUT2D eigenvalue weighted by atomic mass is 32.1. The summed E-state index contributed by atoms with van der Waals surface area (Å²) in [6.07, 6.45) is -4.84. The quantitative estimate of drug-likeness (QED) is 0.0705. The summed E-state index contributed by atoms with van der Waals surface area (Å²) in [5.74, 6) is -7.67. The van der Waals surface area contributed by atoms with E-state index in [2.05, 4.69) is 15.0 Å². The van der Waals surface area contributed by atoms with Crippen LogP contribution in [0.2, 0.25) is 0 Å². The summed E-state index contributed by atoms with van der Waals surface area (Å²) < 4.78 is 85.2. The Balaban J connectivity index is 0.00000332. The molecule has 0 atom stereocenters. The first-order valence-corrected chi connectivity index (χ1v) is 16.2. The third-order valence-corrected chi connectivity index (χ3v) is 8.06. The molecule has 0 aliphatic heterocycles. The van der Waals surface area contributed by atoms with Gasteiger partial charge in [0.2, 0.25) is 5.90 Å². The first-order chi connectivity index (χ1) is 23.5. The number of hydrogen-bond acceptors (Lipinski definition) is 7. The predicted octanol–water partition coefficient (Wildman–Crippen LogP) is 8.15. The standard InChI is InChI=1S/C33H29F6N5O3S.C2H6/c1-16(2)13-23-26(29(40)45)28(24-11-12-25(48-24)31(46)43-15-18-5-9-20(35)21(36)14-18)27(30(41)47-32(42)33(37,38)39)22(44-23)10-6-17-3-7-19(34)8-4-17;1-2/h3-5,7-9,11-12,14,16,41-42H,6,10,13,15H2,1-2H3,(H2,40,45)(H,43,46);1-2H3. The number of carbonyl (C=O) groups excluding carboxylic acids is 2. The highest BCUT2D eigenvalue weighted by Gasteiger charge is 2.39. The third-order valence-electron chi connectivity index (χ3n) is 6.96. The van der Waals surface area contributed by atoms with E-state index in [1.165, 1.54) is 42.5 Å². The molecule has 2 amide bonds. The summed E-state index contributed by atoms with van der Waals surface area (Å²) in [6, 6.07) is 11.4. The van der Waals surface area contributed by atoms with Gasteiger partial charge >= 0.3 is 6.18 Å². The molecule has 50 heavy (non-hydrogen) atoms. The molecule has 2 aromatic heterocycles. The van der Waals surface area contributed by atoms with Crippen LogP contribution in [0.1, 0.15) is 75.8 Å². The zero-order valence-electron chi connectivity index (χ0n) is 27.5. The fraction of sp³-hybridized carbons (Fsp3) is 0.286. The van der Waals surface area contributed by atoms with Crippen molar-refractivity contribution in [1.29, 1.82) is 10.8 Å². The lowest BCUT2D eigenvalue weighted by atomic mass is 9.91. The van der Waals surface area contributed by atoms with Gasteiger partial charge in [-0.05, 0) is 72.7 Å². The van der Waals surface area contributed by atoms with E-state index in [0.717, 1.165) is 23.5 Å². The molecule has 8 nitrogen and oxygen atoms in total. The summed E-state index contributed by atoms with van der Waals surface area (Å²) in [4.78, 5) is 30.9. The lowest BCUT2D eigenvalue weighted by molar-refractivity contribution is -0.0728. The lowest BCUT2D eigenvalue weighted by Gasteiger charge is -2.21. The Hall–Kier alpha value is -5.05. The zero-order chi connectivity index (χ0) is 37.3. The van der Waals surface area contributed by atoms with Gasteiger partial charge in [0.25, 0.3) is 17.7 Å². The molecular weight excluding hydrogens is 684 g/mol. The maximum atomic E-state index is 13.6. The van der Waals surface area contributed by atoms with Crippen LogP contribution in [-0.2, 0) is 30.5 Å². The Kier molecular flexibility index (Phi) is 13.4. The molecular formula is C35H35F6N5O3S. The number of halogens is 6. The fourth-order valence-corrected chi connectivity index (χ4v) is 5.78. The molecule has 4 aromatic rings. The van der Waals surface area contributed by atoms with Crippen LogP contribution in [0.5, 0.6) is 0 Å².